The normalized spacial score (nSPS) is 11.2. The Morgan fingerprint density at radius 2 is 2.28 bits per heavy atom. The second-order valence-electron chi connectivity index (χ2n) is 3.79. The minimum atomic E-state index is 0.540. The van der Waals surface area contributed by atoms with Crippen LogP contribution in [0.3, 0.4) is 0 Å². The molecule has 0 aliphatic heterocycles. The van der Waals surface area contributed by atoms with Gasteiger partial charge in [-0.25, -0.2) is 4.98 Å². The molecule has 3 aromatic rings. The first kappa shape index (κ1) is 11.6. The number of nitrogens with zero attached hydrogens (tertiary/aromatic N) is 4. The molecule has 0 bridgehead atoms. The fourth-order valence-electron chi connectivity index (χ4n) is 1.65. The van der Waals surface area contributed by atoms with Gasteiger partial charge >= 0.3 is 0 Å². The van der Waals surface area contributed by atoms with Crippen LogP contribution in [-0.4, -0.2) is 26.5 Å². The third-order valence-electron chi connectivity index (χ3n) is 2.47. The van der Waals surface area contributed by atoms with Gasteiger partial charge in [0.15, 0.2) is 0 Å². The molecule has 1 aromatic carbocycles. The fourth-order valence-corrected chi connectivity index (χ4v) is 2.84. The number of halogens is 1. The van der Waals surface area contributed by atoms with Gasteiger partial charge in [-0.05, 0) is 18.2 Å². The van der Waals surface area contributed by atoms with E-state index in [4.69, 9.17) is 17.3 Å². The van der Waals surface area contributed by atoms with E-state index >= 15 is 0 Å². The molecule has 0 aliphatic carbocycles. The van der Waals surface area contributed by atoms with Crippen LogP contribution in [0.1, 0.15) is 0 Å². The Morgan fingerprint density at radius 1 is 1.39 bits per heavy atom. The standard InChI is InChI=1S/C11H10ClN5S/c12-7-1-2-8-10(5-7)18-11(14-8)9-6-17(4-3-13)16-15-9/h1-2,5-6H,3-4,13H2. The quantitative estimate of drug-likeness (QED) is 0.798. The fraction of sp³-hybridized carbons (Fsp3) is 0.182. The van der Waals surface area contributed by atoms with E-state index in [0.717, 1.165) is 20.9 Å². The minimum Gasteiger partial charge on any atom is -0.329 e. The zero-order chi connectivity index (χ0) is 12.5. The van der Waals surface area contributed by atoms with Crippen LogP contribution in [0.5, 0.6) is 0 Å². The van der Waals surface area contributed by atoms with Crippen molar-refractivity contribution in [2.24, 2.45) is 5.73 Å². The van der Waals surface area contributed by atoms with Gasteiger partial charge in [-0.3, -0.25) is 4.68 Å². The summed E-state index contributed by atoms with van der Waals surface area (Å²) in [7, 11) is 0. The molecule has 0 unspecified atom stereocenters. The summed E-state index contributed by atoms with van der Waals surface area (Å²) in [6.45, 7) is 1.20. The molecule has 0 atom stereocenters. The molecule has 3 rings (SSSR count). The third kappa shape index (κ3) is 2.10. The number of rotatable bonds is 3. The molecule has 2 heterocycles. The van der Waals surface area contributed by atoms with Gasteiger partial charge in [-0.15, -0.1) is 16.4 Å². The number of thiazole rings is 1. The molecule has 7 heteroatoms. The molecule has 0 saturated heterocycles. The van der Waals surface area contributed by atoms with Gasteiger partial charge < -0.3 is 5.73 Å². The van der Waals surface area contributed by atoms with Gasteiger partial charge in [-0.2, -0.15) is 0 Å². The van der Waals surface area contributed by atoms with Crippen LogP contribution in [0, 0.1) is 0 Å². The van der Waals surface area contributed by atoms with E-state index in [-0.39, 0.29) is 0 Å². The number of hydrogen-bond acceptors (Lipinski definition) is 5. The molecule has 5 nitrogen and oxygen atoms in total. The maximum absolute atomic E-state index is 5.95. The van der Waals surface area contributed by atoms with Crippen molar-refractivity contribution >= 4 is 33.2 Å². The van der Waals surface area contributed by atoms with Crippen molar-refractivity contribution in [1.82, 2.24) is 20.0 Å². The average Bonchev–Trinajstić information content (AvgIpc) is 2.94. The van der Waals surface area contributed by atoms with Gasteiger partial charge in [-0.1, -0.05) is 16.8 Å². The molecule has 18 heavy (non-hydrogen) atoms. The zero-order valence-electron chi connectivity index (χ0n) is 9.38. The number of hydrogen-bond donors (Lipinski definition) is 1. The highest BCUT2D eigenvalue weighted by Crippen LogP contribution is 2.30. The molecule has 0 aliphatic rings. The molecule has 0 amide bonds. The maximum atomic E-state index is 5.95. The summed E-state index contributed by atoms with van der Waals surface area (Å²) in [6.07, 6.45) is 1.85. The van der Waals surface area contributed by atoms with Gasteiger partial charge in [0.2, 0.25) is 0 Å². The summed E-state index contributed by atoms with van der Waals surface area (Å²) in [5.41, 5.74) is 7.16. The van der Waals surface area contributed by atoms with Crippen LogP contribution >= 0.6 is 22.9 Å². The van der Waals surface area contributed by atoms with Gasteiger partial charge in [0.25, 0.3) is 0 Å². The van der Waals surface area contributed by atoms with E-state index in [2.05, 4.69) is 15.3 Å². The Labute approximate surface area is 112 Å². The molecule has 0 fully saturated rings. The van der Waals surface area contributed by atoms with Crippen molar-refractivity contribution in [3.8, 4) is 10.7 Å². The SMILES string of the molecule is NCCn1cc(-c2nc3ccc(Cl)cc3s2)nn1. The van der Waals surface area contributed by atoms with Crippen molar-refractivity contribution in [3.05, 3.63) is 29.4 Å². The van der Waals surface area contributed by atoms with Crippen molar-refractivity contribution in [1.29, 1.82) is 0 Å². The van der Waals surface area contributed by atoms with E-state index < -0.39 is 0 Å². The van der Waals surface area contributed by atoms with Crippen molar-refractivity contribution < 1.29 is 0 Å². The third-order valence-corrected chi connectivity index (χ3v) is 3.74. The van der Waals surface area contributed by atoms with E-state index in [0.29, 0.717) is 18.1 Å². The lowest BCUT2D eigenvalue weighted by atomic mass is 10.3. The van der Waals surface area contributed by atoms with Crippen LogP contribution < -0.4 is 5.73 Å². The lowest BCUT2D eigenvalue weighted by Gasteiger charge is -1.92. The topological polar surface area (TPSA) is 69.6 Å². The molecule has 2 N–H and O–H groups in total. The van der Waals surface area contributed by atoms with Crippen LogP contribution in [0.2, 0.25) is 5.02 Å². The number of aromatic nitrogens is 4. The lowest BCUT2D eigenvalue weighted by molar-refractivity contribution is 0.598. The molecular weight excluding hydrogens is 270 g/mol. The lowest BCUT2D eigenvalue weighted by Crippen LogP contribution is -2.10. The first-order valence-corrected chi connectivity index (χ1v) is 6.62. The van der Waals surface area contributed by atoms with Crippen LogP contribution in [0.4, 0.5) is 0 Å². The molecular formula is C11H10ClN5S. The Hall–Kier alpha value is -1.50. The number of nitrogens with two attached hydrogens (primary N) is 1. The summed E-state index contributed by atoms with van der Waals surface area (Å²) in [5.74, 6) is 0. The van der Waals surface area contributed by atoms with E-state index in [9.17, 15) is 0 Å². The highest BCUT2D eigenvalue weighted by Gasteiger charge is 2.10. The van der Waals surface area contributed by atoms with E-state index in [1.807, 2.05) is 24.4 Å². The maximum Gasteiger partial charge on any atom is 0.146 e. The Bertz CT molecular complexity index is 690. The van der Waals surface area contributed by atoms with Gasteiger partial charge in [0.1, 0.15) is 10.7 Å². The second kappa shape index (κ2) is 4.64. The first-order valence-electron chi connectivity index (χ1n) is 5.43. The second-order valence-corrected chi connectivity index (χ2v) is 5.25. The summed E-state index contributed by atoms with van der Waals surface area (Å²) < 4.78 is 2.76. The largest absolute Gasteiger partial charge is 0.329 e. The average molecular weight is 280 g/mol. The predicted octanol–water partition coefficient (Wildman–Crippen LogP) is 2.17. The Morgan fingerprint density at radius 3 is 3.11 bits per heavy atom. The molecule has 0 saturated carbocycles. The van der Waals surface area contributed by atoms with Crippen molar-refractivity contribution in [2.75, 3.05) is 6.54 Å². The minimum absolute atomic E-state index is 0.540. The summed E-state index contributed by atoms with van der Waals surface area (Å²) in [4.78, 5) is 4.51. The Balaban J connectivity index is 2.02. The van der Waals surface area contributed by atoms with Gasteiger partial charge in [0, 0.05) is 11.6 Å². The van der Waals surface area contributed by atoms with Crippen LogP contribution in [-0.2, 0) is 6.54 Å². The van der Waals surface area contributed by atoms with Crippen molar-refractivity contribution in [2.45, 2.75) is 6.54 Å². The predicted molar refractivity (Wildman–Crippen MR) is 72.7 cm³/mol. The highest BCUT2D eigenvalue weighted by atomic mass is 35.5. The monoisotopic (exact) mass is 279 g/mol. The number of benzene rings is 1. The first-order chi connectivity index (χ1) is 8.76. The summed E-state index contributed by atoms with van der Waals surface area (Å²) in [6, 6.07) is 5.64. The van der Waals surface area contributed by atoms with Gasteiger partial charge in [0.05, 0.1) is 23.0 Å². The molecule has 92 valence electrons. The van der Waals surface area contributed by atoms with Crippen LogP contribution in [0.15, 0.2) is 24.4 Å². The summed E-state index contributed by atoms with van der Waals surface area (Å²) in [5, 5.41) is 9.65. The Kier molecular flexibility index (Phi) is 2.99. The smallest absolute Gasteiger partial charge is 0.146 e. The van der Waals surface area contributed by atoms with E-state index in [1.54, 1.807) is 16.0 Å². The highest BCUT2D eigenvalue weighted by molar-refractivity contribution is 7.21. The number of fused-ring (bicyclic) bond motifs is 1. The van der Waals surface area contributed by atoms with Crippen LogP contribution in [0.25, 0.3) is 20.9 Å². The summed E-state index contributed by atoms with van der Waals surface area (Å²) >= 11 is 7.51. The molecule has 0 radical (unpaired) electrons. The molecule has 0 spiro atoms. The molecule has 2 aromatic heterocycles. The van der Waals surface area contributed by atoms with Crippen molar-refractivity contribution in [3.63, 3.8) is 0 Å². The zero-order valence-corrected chi connectivity index (χ0v) is 10.9. The van der Waals surface area contributed by atoms with E-state index in [1.165, 1.54) is 0 Å².